The zero-order valence-corrected chi connectivity index (χ0v) is 19.8. The molecule has 2 aliphatic rings. The summed E-state index contributed by atoms with van der Waals surface area (Å²) in [4.78, 5) is 27.1. The Bertz CT molecular complexity index is 1290. The van der Waals surface area contributed by atoms with Gasteiger partial charge < -0.3 is 10.1 Å². The smallest absolute Gasteiger partial charge is 0.256 e. The first-order valence-electron chi connectivity index (χ1n) is 10.7. The average molecular weight is 526 g/mol. The fourth-order valence-corrected chi connectivity index (χ4v) is 5.70. The van der Waals surface area contributed by atoms with E-state index in [1.165, 1.54) is 12.1 Å². The minimum Gasteiger partial charge on any atom is -0.488 e. The van der Waals surface area contributed by atoms with Crippen molar-refractivity contribution in [2.45, 2.75) is 24.1 Å². The average Bonchev–Trinajstić information content (AvgIpc) is 3.29. The van der Waals surface area contributed by atoms with Gasteiger partial charge in [-0.3, -0.25) is 19.8 Å². The predicted molar refractivity (Wildman–Crippen MR) is 128 cm³/mol. The Morgan fingerprint density at radius 1 is 1.21 bits per heavy atom. The number of ether oxygens (including phenoxy) is 1. The quantitative estimate of drug-likeness (QED) is 0.385. The maximum atomic E-state index is 13.2. The van der Waals surface area contributed by atoms with Gasteiger partial charge in [0, 0.05) is 22.7 Å². The van der Waals surface area contributed by atoms with Gasteiger partial charge in [-0.1, -0.05) is 36.4 Å². The maximum absolute atomic E-state index is 13.2. The summed E-state index contributed by atoms with van der Waals surface area (Å²) in [6.45, 7) is 0.595. The minimum absolute atomic E-state index is 0.252. The summed E-state index contributed by atoms with van der Waals surface area (Å²) in [5.74, 6) is -0.638. The number of nitrogens with zero attached hydrogens (tertiary/aromatic N) is 2. The number of anilines is 1. The van der Waals surface area contributed by atoms with Gasteiger partial charge in [0.2, 0.25) is 0 Å². The molecule has 0 aromatic heterocycles. The lowest BCUT2D eigenvalue weighted by Crippen LogP contribution is -2.54. The zero-order valence-electron chi connectivity index (χ0n) is 18.2. The molecular formula is C25H21BrFN3O4. The SMILES string of the molecule is CN1C[C@H](c2ccc(OCc3ccc(F)cc3)c(Br)c2)[C@H]([N+](=O)[O-])[C@@]12C(=O)Nc1ccccc12. The number of rotatable bonds is 5. The van der Waals surface area contributed by atoms with Crippen LogP contribution < -0.4 is 10.1 Å². The van der Waals surface area contributed by atoms with E-state index in [2.05, 4.69) is 21.2 Å². The van der Waals surface area contributed by atoms with Crippen LogP contribution in [0.5, 0.6) is 5.75 Å². The van der Waals surface area contributed by atoms with Gasteiger partial charge in [0.1, 0.15) is 18.2 Å². The Kier molecular flexibility index (Phi) is 5.61. The minimum atomic E-state index is -1.38. The molecular weight excluding hydrogens is 505 g/mol. The third-order valence-electron chi connectivity index (χ3n) is 6.73. The maximum Gasteiger partial charge on any atom is 0.256 e. The highest BCUT2D eigenvalue weighted by molar-refractivity contribution is 9.10. The lowest BCUT2D eigenvalue weighted by Gasteiger charge is -2.30. The Balaban J connectivity index is 1.46. The van der Waals surface area contributed by atoms with E-state index in [0.717, 1.165) is 11.1 Å². The second-order valence-electron chi connectivity index (χ2n) is 8.59. The van der Waals surface area contributed by atoms with Crippen molar-refractivity contribution in [1.82, 2.24) is 4.90 Å². The Morgan fingerprint density at radius 2 is 1.94 bits per heavy atom. The molecule has 0 aliphatic carbocycles. The molecule has 7 nitrogen and oxygen atoms in total. The van der Waals surface area contributed by atoms with E-state index in [1.807, 2.05) is 6.07 Å². The van der Waals surface area contributed by atoms with Crippen molar-refractivity contribution >= 4 is 27.5 Å². The third kappa shape index (κ3) is 3.47. The number of amides is 1. The van der Waals surface area contributed by atoms with Gasteiger partial charge in [-0.25, -0.2) is 4.39 Å². The van der Waals surface area contributed by atoms with E-state index in [9.17, 15) is 19.3 Å². The fourth-order valence-electron chi connectivity index (χ4n) is 5.19. The molecule has 0 radical (unpaired) electrons. The number of nitrogens with one attached hydrogen (secondary N) is 1. The molecule has 0 unspecified atom stereocenters. The molecule has 2 heterocycles. The molecule has 1 N–H and O–H groups in total. The van der Waals surface area contributed by atoms with Crippen molar-refractivity contribution in [3.63, 3.8) is 0 Å². The van der Waals surface area contributed by atoms with E-state index < -0.39 is 17.5 Å². The van der Waals surface area contributed by atoms with Crippen LogP contribution in [-0.4, -0.2) is 35.4 Å². The van der Waals surface area contributed by atoms with Crippen LogP contribution in [0.15, 0.2) is 71.2 Å². The number of benzene rings is 3. The van der Waals surface area contributed by atoms with Gasteiger partial charge in [-0.2, -0.15) is 0 Å². The highest BCUT2D eigenvalue weighted by Crippen LogP contribution is 2.52. The highest BCUT2D eigenvalue weighted by atomic mass is 79.9. The van der Waals surface area contributed by atoms with Crippen LogP contribution in [0.1, 0.15) is 22.6 Å². The van der Waals surface area contributed by atoms with Crippen LogP contribution in [0, 0.1) is 15.9 Å². The van der Waals surface area contributed by atoms with Gasteiger partial charge in [-0.05, 0) is 64.4 Å². The molecule has 0 bridgehead atoms. The van der Waals surface area contributed by atoms with Crippen LogP contribution in [0.2, 0.25) is 0 Å². The number of carbonyl (C=O) groups excluding carboxylic acids is 1. The van der Waals surface area contributed by atoms with Crippen LogP contribution in [0.4, 0.5) is 10.1 Å². The van der Waals surface area contributed by atoms with Gasteiger partial charge in [-0.15, -0.1) is 0 Å². The summed E-state index contributed by atoms with van der Waals surface area (Å²) in [7, 11) is 1.76. The van der Waals surface area contributed by atoms with E-state index in [4.69, 9.17) is 4.74 Å². The molecule has 34 heavy (non-hydrogen) atoms. The molecule has 1 fully saturated rings. The normalized spacial score (nSPS) is 23.7. The molecule has 174 valence electrons. The third-order valence-corrected chi connectivity index (χ3v) is 7.35. The topological polar surface area (TPSA) is 84.7 Å². The highest BCUT2D eigenvalue weighted by Gasteiger charge is 2.68. The monoisotopic (exact) mass is 525 g/mol. The van der Waals surface area contributed by atoms with Crippen LogP contribution in [0.25, 0.3) is 0 Å². The summed E-state index contributed by atoms with van der Waals surface area (Å²) in [5.41, 5.74) is 1.41. The second kappa shape index (κ2) is 8.48. The first-order chi connectivity index (χ1) is 16.3. The Hall–Kier alpha value is -3.30. The lowest BCUT2D eigenvalue weighted by atomic mass is 9.79. The summed E-state index contributed by atoms with van der Waals surface area (Å²) in [6, 6.07) is 17.4. The number of nitro groups is 1. The van der Waals surface area contributed by atoms with Gasteiger partial charge in [0.25, 0.3) is 11.9 Å². The first-order valence-corrected chi connectivity index (χ1v) is 11.5. The van der Waals surface area contributed by atoms with Crippen LogP contribution >= 0.6 is 15.9 Å². The van der Waals surface area contributed by atoms with Crippen LogP contribution in [0.3, 0.4) is 0 Å². The number of halogens is 2. The largest absolute Gasteiger partial charge is 0.488 e. The molecule has 0 saturated carbocycles. The van der Waals surface area contributed by atoms with Crippen molar-refractivity contribution in [3.8, 4) is 5.75 Å². The molecule has 1 spiro atoms. The molecule has 3 aromatic carbocycles. The molecule has 5 rings (SSSR count). The fraction of sp³-hybridized carbons (Fsp3) is 0.240. The standard InChI is InChI=1S/C25H21BrFN3O4/c1-29-13-18(23(30(32)33)25(29)19-4-2-3-5-21(19)28-24(25)31)16-8-11-22(20(26)12-16)34-14-15-6-9-17(27)10-7-15/h2-12,18,23H,13-14H2,1H3,(H,28,31)/t18-,23+,25+/m1/s1. The molecule has 1 saturated heterocycles. The van der Waals surface area contributed by atoms with Gasteiger partial charge in [0.05, 0.1) is 10.4 Å². The van der Waals surface area contributed by atoms with Crippen molar-refractivity contribution in [2.24, 2.45) is 0 Å². The van der Waals surface area contributed by atoms with Crippen molar-refractivity contribution < 1.29 is 18.8 Å². The van der Waals surface area contributed by atoms with Crippen molar-refractivity contribution in [3.05, 3.63) is 104 Å². The molecule has 3 atom stereocenters. The summed E-state index contributed by atoms with van der Waals surface area (Å²) in [5, 5.41) is 15.3. The molecule has 1 amide bonds. The zero-order chi connectivity index (χ0) is 24.0. The van der Waals surface area contributed by atoms with Gasteiger partial charge >= 0.3 is 0 Å². The molecule has 9 heteroatoms. The predicted octanol–water partition coefficient (Wildman–Crippen LogP) is 4.69. The number of likely N-dealkylation sites (tertiary alicyclic amines) is 1. The molecule has 2 aliphatic heterocycles. The number of hydrogen-bond donors (Lipinski definition) is 1. The van der Waals surface area contributed by atoms with Gasteiger partial charge in [0.15, 0.2) is 5.54 Å². The van der Waals surface area contributed by atoms with E-state index >= 15 is 0 Å². The number of likely N-dealkylation sites (N-methyl/N-ethyl adjacent to an activating group) is 1. The number of carbonyl (C=O) groups is 1. The van der Waals surface area contributed by atoms with E-state index in [1.54, 1.807) is 60.5 Å². The van der Waals surface area contributed by atoms with Crippen LogP contribution in [-0.2, 0) is 16.9 Å². The summed E-state index contributed by atoms with van der Waals surface area (Å²) < 4.78 is 19.6. The van der Waals surface area contributed by atoms with Crippen molar-refractivity contribution in [2.75, 3.05) is 18.9 Å². The van der Waals surface area contributed by atoms with E-state index in [-0.39, 0.29) is 23.3 Å². The number of hydrogen-bond acceptors (Lipinski definition) is 5. The second-order valence-corrected chi connectivity index (χ2v) is 9.44. The number of fused-ring (bicyclic) bond motifs is 2. The van der Waals surface area contributed by atoms with Crippen molar-refractivity contribution in [1.29, 1.82) is 0 Å². The Morgan fingerprint density at radius 3 is 2.65 bits per heavy atom. The summed E-state index contributed by atoms with van der Waals surface area (Å²) in [6.07, 6.45) is 0. The number of para-hydroxylation sites is 1. The first kappa shape index (κ1) is 22.5. The molecule has 3 aromatic rings. The Labute approximate surface area is 203 Å². The lowest BCUT2D eigenvalue weighted by molar-refractivity contribution is -0.534. The summed E-state index contributed by atoms with van der Waals surface area (Å²) >= 11 is 3.52. The van der Waals surface area contributed by atoms with E-state index in [0.29, 0.717) is 28.0 Å².